The summed E-state index contributed by atoms with van der Waals surface area (Å²) in [6, 6.07) is 14.4. The maximum atomic E-state index is 13.9. The summed E-state index contributed by atoms with van der Waals surface area (Å²) >= 11 is 0. The number of ether oxygens (including phenoxy) is 2. The van der Waals surface area contributed by atoms with Gasteiger partial charge in [0, 0.05) is 47.7 Å². The number of nitrogens with zero attached hydrogens (tertiary/aromatic N) is 1. The van der Waals surface area contributed by atoms with Gasteiger partial charge in [-0.05, 0) is 42.3 Å². The fourth-order valence-electron chi connectivity index (χ4n) is 7.84. The van der Waals surface area contributed by atoms with Gasteiger partial charge in [0.25, 0.3) is 0 Å². The molecule has 2 aromatic rings. The molecule has 7 rings (SSSR count). The lowest BCUT2D eigenvalue weighted by atomic mass is 9.61. The molecule has 1 N–H and O–H groups in total. The van der Waals surface area contributed by atoms with Gasteiger partial charge in [0.1, 0.15) is 25.4 Å². The Kier molecular flexibility index (Phi) is 5.84. The topological polar surface area (TPSA) is 64.6 Å². The van der Waals surface area contributed by atoms with Crippen LogP contribution in [0, 0.1) is 5.92 Å². The summed E-state index contributed by atoms with van der Waals surface area (Å²) in [6.45, 7) is 5.47. The SMILES string of the molecule is C/C=C1/C[N+]2(CC(=O)c3ccc4c(c3)OCCCO4)CC[C@]34C(=C(C=O)[C@H]1C[C@@H]32)Nc1ccccc14.[Br-]. The van der Waals surface area contributed by atoms with E-state index in [2.05, 4.69) is 42.6 Å². The highest BCUT2D eigenvalue weighted by Gasteiger charge is 2.68. The van der Waals surface area contributed by atoms with Crippen LogP contribution in [0.15, 0.2) is 65.4 Å². The van der Waals surface area contributed by atoms with Crippen molar-refractivity contribution in [2.45, 2.75) is 37.6 Å². The van der Waals surface area contributed by atoms with E-state index in [1.807, 2.05) is 18.2 Å². The number of ketones is 1. The quantitative estimate of drug-likeness (QED) is 0.264. The molecule has 7 heteroatoms. The van der Waals surface area contributed by atoms with Gasteiger partial charge >= 0.3 is 0 Å². The number of nitrogens with one attached hydrogen (secondary N) is 1. The van der Waals surface area contributed by atoms with E-state index in [0.717, 1.165) is 60.1 Å². The maximum Gasteiger partial charge on any atom is 0.217 e. The van der Waals surface area contributed by atoms with E-state index >= 15 is 0 Å². The lowest BCUT2D eigenvalue weighted by Gasteiger charge is -2.53. The van der Waals surface area contributed by atoms with Crippen LogP contribution in [0.25, 0.3) is 0 Å². The Balaban J connectivity index is 0.00000252. The van der Waals surface area contributed by atoms with Gasteiger partial charge in [0.15, 0.2) is 11.5 Å². The molecule has 2 fully saturated rings. The summed E-state index contributed by atoms with van der Waals surface area (Å²) in [6.07, 6.45) is 5.94. The van der Waals surface area contributed by atoms with Crippen LogP contribution >= 0.6 is 0 Å². The number of piperidine rings is 1. The highest BCUT2D eigenvalue weighted by Crippen LogP contribution is 2.63. The van der Waals surface area contributed by atoms with Crippen LogP contribution in [0.5, 0.6) is 11.5 Å². The highest BCUT2D eigenvalue weighted by atomic mass is 79.9. The number of rotatable bonds is 4. The number of carbonyl (C=O) groups is 2. The number of Topliss-reactive ketones (excluding diaryl/α,β-unsaturated/α-hetero) is 1. The zero-order valence-corrected chi connectivity index (χ0v) is 22.6. The number of anilines is 1. The number of quaternary nitrogens is 1. The average Bonchev–Trinajstić information content (AvgIpc) is 3.31. The Morgan fingerprint density at radius 3 is 2.78 bits per heavy atom. The first kappa shape index (κ1) is 24.4. The Morgan fingerprint density at radius 1 is 1.16 bits per heavy atom. The van der Waals surface area contributed by atoms with E-state index in [1.54, 1.807) is 0 Å². The first-order valence-corrected chi connectivity index (χ1v) is 13.1. The van der Waals surface area contributed by atoms with E-state index in [1.165, 1.54) is 11.1 Å². The van der Waals surface area contributed by atoms with E-state index in [4.69, 9.17) is 9.47 Å². The molecule has 1 unspecified atom stereocenters. The van der Waals surface area contributed by atoms with Gasteiger partial charge in [-0.25, -0.2) is 0 Å². The van der Waals surface area contributed by atoms with E-state index in [9.17, 15) is 9.59 Å². The highest BCUT2D eigenvalue weighted by molar-refractivity contribution is 5.97. The predicted molar refractivity (Wildman–Crippen MR) is 136 cm³/mol. The molecule has 1 spiro atoms. The van der Waals surface area contributed by atoms with Crippen molar-refractivity contribution in [3.05, 3.63) is 76.5 Å². The Morgan fingerprint density at radius 2 is 1.97 bits per heavy atom. The van der Waals surface area contributed by atoms with E-state index in [-0.39, 0.29) is 40.1 Å². The third-order valence-corrected chi connectivity index (χ3v) is 9.39. The molecule has 2 saturated heterocycles. The number of hydrogen-bond acceptors (Lipinski definition) is 5. The summed E-state index contributed by atoms with van der Waals surface area (Å²) in [5, 5.41) is 3.67. The number of halogens is 1. The van der Waals surface area contributed by atoms with Crippen molar-refractivity contribution >= 4 is 17.8 Å². The molecular weight excluding hydrogens is 532 g/mol. The second-order valence-corrected chi connectivity index (χ2v) is 10.9. The van der Waals surface area contributed by atoms with Crippen molar-refractivity contribution < 1.29 is 40.5 Å². The third-order valence-electron chi connectivity index (χ3n) is 9.39. The van der Waals surface area contributed by atoms with Crippen molar-refractivity contribution in [1.82, 2.24) is 0 Å². The molecule has 4 aliphatic heterocycles. The van der Waals surface area contributed by atoms with Gasteiger partial charge in [0.05, 0.1) is 25.2 Å². The fourth-order valence-corrected chi connectivity index (χ4v) is 7.84. The molecular formula is C30H31BrN2O4. The number of benzene rings is 2. The molecule has 1 aliphatic carbocycles. The lowest BCUT2D eigenvalue weighted by Crippen LogP contribution is -3.00. The maximum absolute atomic E-state index is 13.9. The van der Waals surface area contributed by atoms with Gasteiger partial charge in [-0.15, -0.1) is 0 Å². The molecule has 37 heavy (non-hydrogen) atoms. The van der Waals surface area contributed by atoms with Crippen LogP contribution in [0.3, 0.4) is 0 Å². The third kappa shape index (κ3) is 3.33. The van der Waals surface area contributed by atoms with Crippen molar-refractivity contribution in [3.63, 3.8) is 0 Å². The monoisotopic (exact) mass is 562 g/mol. The summed E-state index contributed by atoms with van der Waals surface area (Å²) in [5.74, 6) is 1.64. The molecule has 4 atom stereocenters. The number of aldehydes is 1. The minimum atomic E-state index is -0.229. The van der Waals surface area contributed by atoms with Crippen molar-refractivity contribution in [3.8, 4) is 11.5 Å². The van der Waals surface area contributed by atoms with Crippen LogP contribution in [0.1, 0.15) is 42.1 Å². The van der Waals surface area contributed by atoms with Crippen LogP contribution in [-0.4, -0.2) is 55.4 Å². The van der Waals surface area contributed by atoms with Gasteiger partial charge in [-0.3, -0.25) is 9.59 Å². The Hall–Kier alpha value is -2.90. The molecule has 0 saturated carbocycles. The normalized spacial score (nSPS) is 31.5. The van der Waals surface area contributed by atoms with Crippen LogP contribution in [-0.2, 0) is 10.2 Å². The van der Waals surface area contributed by atoms with Gasteiger partial charge in [-0.2, -0.15) is 0 Å². The van der Waals surface area contributed by atoms with Crippen molar-refractivity contribution in [1.29, 1.82) is 0 Å². The second kappa shape index (κ2) is 8.84. The zero-order valence-electron chi connectivity index (χ0n) is 21.0. The molecule has 0 aromatic heterocycles. The molecule has 2 bridgehead atoms. The van der Waals surface area contributed by atoms with Gasteiger partial charge < -0.3 is 36.3 Å². The second-order valence-electron chi connectivity index (χ2n) is 10.9. The van der Waals surface area contributed by atoms with Crippen LogP contribution in [0.4, 0.5) is 5.69 Å². The zero-order chi connectivity index (χ0) is 24.5. The molecule has 4 heterocycles. The lowest BCUT2D eigenvalue weighted by molar-refractivity contribution is -0.934. The van der Waals surface area contributed by atoms with Gasteiger partial charge in [0.2, 0.25) is 5.78 Å². The Bertz CT molecular complexity index is 1370. The van der Waals surface area contributed by atoms with Gasteiger partial charge in [-0.1, -0.05) is 24.3 Å². The smallest absolute Gasteiger partial charge is 0.217 e. The summed E-state index contributed by atoms with van der Waals surface area (Å²) in [5.41, 5.74) is 6.12. The number of fused-ring (bicyclic) bond motifs is 3. The number of hydrogen-bond donors (Lipinski definition) is 1. The largest absolute Gasteiger partial charge is 1.00 e. The Labute approximate surface area is 227 Å². The van der Waals surface area contributed by atoms with E-state index < -0.39 is 0 Å². The van der Waals surface area contributed by atoms with E-state index in [0.29, 0.717) is 36.8 Å². The first-order chi connectivity index (χ1) is 17.6. The molecule has 5 aliphatic rings. The fraction of sp³-hybridized carbons (Fsp3) is 0.400. The molecule has 0 radical (unpaired) electrons. The summed E-state index contributed by atoms with van der Waals surface area (Å²) < 4.78 is 12.4. The van der Waals surface area contributed by atoms with Crippen LogP contribution in [0.2, 0.25) is 0 Å². The molecule has 192 valence electrons. The number of para-hydroxylation sites is 1. The van der Waals surface area contributed by atoms with Crippen molar-refractivity contribution in [2.75, 3.05) is 38.2 Å². The minimum absolute atomic E-state index is 0. The standard InChI is InChI=1S/C30H30N2O4.BrH/c1-2-19-16-32(17-25(34)20-8-9-26-27(14-20)36-13-5-12-35-26)11-10-30-23-6-3-4-7-24(23)31-29(30)22(18-33)21(19)15-28(30)32;/h2-4,6-9,14,18,21,28H,5,10-13,15-17H2,1H3;1H/b19-2-;/t21-,28-,30+,32?;/m0./s1. The van der Waals surface area contributed by atoms with Crippen molar-refractivity contribution in [2.24, 2.45) is 5.92 Å². The summed E-state index contributed by atoms with van der Waals surface area (Å²) in [4.78, 5) is 26.3. The molecule has 0 amide bonds. The minimum Gasteiger partial charge on any atom is -1.00 e. The average molecular weight is 563 g/mol. The predicted octanol–water partition coefficient (Wildman–Crippen LogP) is 1.42. The first-order valence-electron chi connectivity index (χ1n) is 13.1. The molecule has 2 aromatic carbocycles. The number of carbonyl (C=O) groups excluding carboxylic acids is 2. The molecule has 6 nitrogen and oxygen atoms in total. The van der Waals surface area contributed by atoms with Crippen LogP contribution < -0.4 is 31.8 Å². The number of allylic oxidation sites excluding steroid dienone is 2. The summed E-state index contributed by atoms with van der Waals surface area (Å²) in [7, 11) is 0.